The molecular formula is C18H19ClN2O2. The van der Waals surface area contributed by atoms with Gasteiger partial charge in [-0.1, -0.05) is 29.8 Å². The smallest absolute Gasteiger partial charge is 0.253 e. The van der Waals surface area contributed by atoms with E-state index in [2.05, 4.69) is 0 Å². The van der Waals surface area contributed by atoms with Crippen LogP contribution in [0.3, 0.4) is 0 Å². The average molecular weight is 331 g/mol. The maximum atomic E-state index is 12.7. The van der Waals surface area contributed by atoms with Crippen molar-refractivity contribution in [3.05, 3.63) is 69.1 Å². The second-order valence-electron chi connectivity index (χ2n) is 6.00. The van der Waals surface area contributed by atoms with Crippen LogP contribution >= 0.6 is 11.6 Å². The average Bonchev–Trinajstić information content (AvgIpc) is 3.36. The molecule has 0 bridgehead atoms. The van der Waals surface area contributed by atoms with E-state index in [1.54, 1.807) is 25.3 Å². The Balaban J connectivity index is 1.75. The van der Waals surface area contributed by atoms with Crippen LogP contribution in [0.15, 0.2) is 47.4 Å². The molecule has 0 spiro atoms. The first-order valence-electron chi connectivity index (χ1n) is 7.74. The number of halogens is 1. The highest BCUT2D eigenvalue weighted by Gasteiger charge is 2.32. The number of aromatic nitrogens is 1. The number of aryl methyl sites for hydroxylation is 1. The lowest BCUT2D eigenvalue weighted by molar-refractivity contribution is -0.133. The standard InChI is InChI=1S/C18H19ClN2O2/c1-13-3-2-10-20(18(13)23)12-17(22)21(16-8-9-16)11-14-4-6-15(19)7-5-14/h2-7,10,16H,8-9,11-12H2,1H3. The normalized spacial score (nSPS) is 13.8. The van der Waals surface area contributed by atoms with Crippen molar-refractivity contribution in [2.45, 2.75) is 38.9 Å². The number of nitrogens with zero attached hydrogens (tertiary/aromatic N) is 2. The molecule has 0 unspecified atom stereocenters. The lowest BCUT2D eigenvalue weighted by Gasteiger charge is -2.23. The summed E-state index contributed by atoms with van der Waals surface area (Å²) >= 11 is 5.91. The highest BCUT2D eigenvalue weighted by molar-refractivity contribution is 6.30. The molecule has 120 valence electrons. The SMILES string of the molecule is Cc1cccn(CC(=O)N(Cc2ccc(Cl)cc2)C2CC2)c1=O. The molecule has 3 rings (SSSR count). The first-order chi connectivity index (χ1) is 11.0. The Morgan fingerprint density at radius 1 is 1.26 bits per heavy atom. The molecule has 1 fully saturated rings. The van der Waals surface area contributed by atoms with Gasteiger partial charge in [-0.25, -0.2) is 0 Å². The first kappa shape index (κ1) is 15.8. The van der Waals surface area contributed by atoms with E-state index in [-0.39, 0.29) is 18.0 Å². The fourth-order valence-corrected chi connectivity index (χ4v) is 2.74. The van der Waals surface area contributed by atoms with Gasteiger partial charge in [0.05, 0.1) is 0 Å². The fourth-order valence-electron chi connectivity index (χ4n) is 2.61. The molecule has 5 heteroatoms. The third kappa shape index (κ3) is 3.82. The predicted molar refractivity (Wildman–Crippen MR) is 90.5 cm³/mol. The van der Waals surface area contributed by atoms with E-state index in [0.717, 1.165) is 18.4 Å². The minimum Gasteiger partial charge on any atom is -0.334 e. The molecule has 0 saturated heterocycles. The molecule has 0 radical (unpaired) electrons. The van der Waals surface area contributed by atoms with Crippen LogP contribution in [-0.4, -0.2) is 21.4 Å². The van der Waals surface area contributed by atoms with Crippen LogP contribution in [0, 0.1) is 6.92 Å². The van der Waals surface area contributed by atoms with Crippen molar-refractivity contribution in [2.75, 3.05) is 0 Å². The van der Waals surface area contributed by atoms with E-state index in [4.69, 9.17) is 11.6 Å². The van der Waals surface area contributed by atoms with Gasteiger partial charge >= 0.3 is 0 Å². The van der Waals surface area contributed by atoms with Crippen molar-refractivity contribution in [3.8, 4) is 0 Å². The van der Waals surface area contributed by atoms with Crippen LogP contribution in [0.4, 0.5) is 0 Å². The molecule has 1 aliphatic carbocycles. The van der Waals surface area contributed by atoms with Crippen molar-refractivity contribution >= 4 is 17.5 Å². The Morgan fingerprint density at radius 3 is 2.61 bits per heavy atom. The molecule has 1 heterocycles. The van der Waals surface area contributed by atoms with Crippen molar-refractivity contribution in [1.29, 1.82) is 0 Å². The van der Waals surface area contributed by atoms with Gasteiger partial charge in [-0.05, 0) is 43.5 Å². The molecule has 0 N–H and O–H groups in total. The van der Waals surface area contributed by atoms with E-state index in [0.29, 0.717) is 23.2 Å². The molecule has 1 aliphatic rings. The number of pyridine rings is 1. The molecule has 2 aromatic rings. The highest BCUT2D eigenvalue weighted by Crippen LogP contribution is 2.28. The van der Waals surface area contributed by atoms with Crippen LogP contribution in [0.2, 0.25) is 5.02 Å². The van der Waals surface area contributed by atoms with Crippen LogP contribution in [0.5, 0.6) is 0 Å². The van der Waals surface area contributed by atoms with Crippen molar-refractivity contribution in [1.82, 2.24) is 9.47 Å². The van der Waals surface area contributed by atoms with Gasteiger partial charge in [0, 0.05) is 29.4 Å². The Labute approximate surface area is 140 Å². The molecule has 0 atom stereocenters. The maximum absolute atomic E-state index is 12.7. The van der Waals surface area contributed by atoms with Crippen molar-refractivity contribution in [2.24, 2.45) is 0 Å². The largest absolute Gasteiger partial charge is 0.334 e. The van der Waals surface area contributed by atoms with E-state index in [1.165, 1.54) is 4.57 Å². The van der Waals surface area contributed by atoms with Crippen LogP contribution < -0.4 is 5.56 Å². The second kappa shape index (κ2) is 6.59. The number of benzene rings is 1. The van der Waals surface area contributed by atoms with Crippen molar-refractivity contribution in [3.63, 3.8) is 0 Å². The highest BCUT2D eigenvalue weighted by atomic mass is 35.5. The Bertz CT molecular complexity index is 763. The third-order valence-corrected chi connectivity index (χ3v) is 4.34. The zero-order chi connectivity index (χ0) is 16.4. The van der Waals surface area contributed by atoms with Crippen LogP contribution in [0.1, 0.15) is 24.0 Å². The first-order valence-corrected chi connectivity index (χ1v) is 8.12. The van der Waals surface area contributed by atoms with E-state index < -0.39 is 0 Å². The van der Waals surface area contributed by atoms with Gasteiger partial charge in [0.15, 0.2) is 0 Å². The number of carbonyl (C=O) groups is 1. The van der Waals surface area contributed by atoms with Gasteiger partial charge in [0.1, 0.15) is 6.54 Å². The Kier molecular flexibility index (Phi) is 4.53. The second-order valence-corrected chi connectivity index (χ2v) is 6.44. The fraction of sp³-hybridized carbons (Fsp3) is 0.333. The number of carbonyl (C=O) groups excluding carboxylic acids is 1. The summed E-state index contributed by atoms with van der Waals surface area (Å²) < 4.78 is 1.48. The van der Waals surface area contributed by atoms with Gasteiger partial charge in [0.2, 0.25) is 5.91 Å². The summed E-state index contributed by atoms with van der Waals surface area (Å²) in [5.41, 5.74) is 1.59. The number of hydrogen-bond acceptors (Lipinski definition) is 2. The lowest BCUT2D eigenvalue weighted by Crippen LogP contribution is -2.37. The van der Waals surface area contributed by atoms with E-state index in [1.807, 2.05) is 29.2 Å². The maximum Gasteiger partial charge on any atom is 0.253 e. The number of rotatable bonds is 5. The monoisotopic (exact) mass is 330 g/mol. The predicted octanol–water partition coefficient (Wildman–Crippen LogP) is 3.00. The Hall–Kier alpha value is -2.07. The summed E-state index contributed by atoms with van der Waals surface area (Å²) in [6.07, 6.45) is 3.73. The zero-order valence-electron chi connectivity index (χ0n) is 13.0. The summed E-state index contributed by atoms with van der Waals surface area (Å²) in [5.74, 6) is -0.0184. The molecule has 1 amide bonds. The number of amides is 1. The third-order valence-electron chi connectivity index (χ3n) is 4.09. The zero-order valence-corrected chi connectivity index (χ0v) is 13.8. The molecule has 1 aromatic heterocycles. The lowest BCUT2D eigenvalue weighted by atomic mass is 10.2. The molecule has 1 saturated carbocycles. The van der Waals surface area contributed by atoms with Gasteiger partial charge < -0.3 is 9.47 Å². The molecule has 23 heavy (non-hydrogen) atoms. The summed E-state index contributed by atoms with van der Waals surface area (Å²) in [5, 5.41) is 0.685. The topological polar surface area (TPSA) is 42.3 Å². The minimum absolute atomic E-state index is 0.0184. The summed E-state index contributed by atoms with van der Waals surface area (Å²) in [6, 6.07) is 11.4. The molecule has 4 nitrogen and oxygen atoms in total. The van der Waals surface area contributed by atoms with Crippen LogP contribution in [0.25, 0.3) is 0 Å². The molecular weight excluding hydrogens is 312 g/mol. The van der Waals surface area contributed by atoms with Gasteiger partial charge in [-0.15, -0.1) is 0 Å². The molecule has 1 aromatic carbocycles. The van der Waals surface area contributed by atoms with Gasteiger partial charge in [-0.2, -0.15) is 0 Å². The van der Waals surface area contributed by atoms with Gasteiger partial charge in [-0.3, -0.25) is 9.59 Å². The Morgan fingerprint density at radius 2 is 1.96 bits per heavy atom. The van der Waals surface area contributed by atoms with Gasteiger partial charge in [0.25, 0.3) is 5.56 Å². The van der Waals surface area contributed by atoms with Crippen LogP contribution in [-0.2, 0) is 17.9 Å². The summed E-state index contributed by atoms with van der Waals surface area (Å²) in [7, 11) is 0. The van der Waals surface area contributed by atoms with E-state index in [9.17, 15) is 9.59 Å². The van der Waals surface area contributed by atoms with E-state index >= 15 is 0 Å². The summed E-state index contributed by atoms with van der Waals surface area (Å²) in [6.45, 7) is 2.40. The minimum atomic E-state index is -0.108. The summed E-state index contributed by atoms with van der Waals surface area (Å²) in [4.78, 5) is 26.6. The van der Waals surface area contributed by atoms with Crippen molar-refractivity contribution < 1.29 is 4.79 Å². The number of hydrogen-bond donors (Lipinski definition) is 0. The quantitative estimate of drug-likeness (QED) is 0.845. The molecule has 0 aliphatic heterocycles.